The van der Waals surface area contributed by atoms with Gasteiger partial charge in [0, 0.05) is 6.92 Å². The molecular weight excluding hydrogens is 234 g/mol. The van der Waals surface area contributed by atoms with Gasteiger partial charge < -0.3 is 14.0 Å². The van der Waals surface area contributed by atoms with Crippen molar-refractivity contribution in [3.05, 3.63) is 0 Å². The Balaban J connectivity index is 3.08. The van der Waals surface area contributed by atoms with Crippen LogP contribution in [0.3, 0.4) is 0 Å². The molecule has 0 fully saturated rings. The molecule has 98 valence electrons. The van der Waals surface area contributed by atoms with Gasteiger partial charge in [0.25, 0.3) is 0 Å². The van der Waals surface area contributed by atoms with E-state index in [0.29, 0.717) is 12.5 Å². The molecule has 0 aromatic rings. The Morgan fingerprint density at radius 2 is 2.12 bits per heavy atom. The van der Waals surface area contributed by atoms with Gasteiger partial charge in [-0.25, -0.2) is 4.99 Å². The predicted molar refractivity (Wildman–Crippen MR) is 71.1 cm³/mol. The van der Waals surface area contributed by atoms with E-state index in [-0.39, 0.29) is 11.5 Å². The van der Waals surface area contributed by atoms with Crippen molar-refractivity contribution in [3.8, 4) is 0 Å². The van der Waals surface area contributed by atoms with E-state index in [1.54, 1.807) is 6.92 Å². The van der Waals surface area contributed by atoms with Crippen LogP contribution in [0.5, 0.6) is 0 Å². The fraction of sp³-hybridized carbons (Fsp3) is 0.833. The fourth-order valence-corrected chi connectivity index (χ4v) is 3.37. The van der Waals surface area contributed by atoms with E-state index in [4.69, 9.17) is 9.16 Å². The molecule has 1 aliphatic heterocycles. The van der Waals surface area contributed by atoms with E-state index in [0.717, 1.165) is 6.29 Å². The molecular formula is C12H23NO3Si. The number of aldehydes is 1. The third kappa shape index (κ3) is 3.16. The molecule has 0 aliphatic carbocycles. The second-order valence-electron chi connectivity index (χ2n) is 5.96. The van der Waals surface area contributed by atoms with Gasteiger partial charge in [0.1, 0.15) is 6.61 Å². The fourth-order valence-electron chi connectivity index (χ4n) is 2.18. The molecule has 0 saturated carbocycles. The summed E-state index contributed by atoms with van der Waals surface area (Å²) in [5, 5.41) is 0. The van der Waals surface area contributed by atoms with Crippen LogP contribution in [0.1, 0.15) is 27.7 Å². The monoisotopic (exact) mass is 257 g/mol. The van der Waals surface area contributed by atoms with Gasteiger partial charge >= 0.3 is 0 Å². The highest BCUT2D eigenvalue weighted by Gasteiger charge is 2.49. The van der Waals surface area contributed by atoms with E-state index < -0.39 is 14.6 Å². The summed E-state index contributed by atoms with van der Waals surface area (Å²) in [4.78, 5) is 15.9. The van der Waals surface area contributed by atoms with Crippen molar-refractivity contribution in [3.63, 3.8) is 0 Å². The van der Waals surface area contributed by atoms with Gasteiger partial charge in [-0.05, 0) is 18.5 Å². The Bertz CT molecular complexity index is 322. The van der Waals surface area contributed by atoms with Gasteiger partial charge in [-0.1, -0.05) is 20.8 Å². The van der Waals surface area contributed by atoms with Crippen LogP contribution in [0.15, 0.2) is 4.99 Å². The standard InChI is InChI=1S/C12H23NO3Si/c1-9-13-12(7-14,8-15-9)10(11(2,3)4)16-17(5)6/h7,10,17H,8H2,1-6H3. The van der Waals surface area contributed by atoms with Crippen LogP contribution in [0.25, 0.3) is 0 Å². The molecule has 2 atom stereocenters. The zero-order valence-corrected chi connectivity index (χ0v) is 12.8. The van der Waals surface area contributed by atoms with E-state index in [2.05, 4.69) is 38.9 Å². The summed E-state index contributed by atoms with van der Waals surface area (Å²) in [6, 6.07) is 0. The van der Waals surface area contributed by atoms with Gasteiger partial charge in [0.2, 0.25) is 0 Å². The summed E-state index contributed by atoms with van der Waals surface area (Å²) < 4.78 is 11.4. The topological polar surface area (TPSA) is 47.9 Å². The summed E-state index contributed by atoms with van der Waals surface area (Å²) in [5.41, 5.74) is -1.00. The van der Waals surface area contributed by atoms with Crippen LogP contribution >= 0.6 is 0 Å². The Kier molecular flexibility index (Phi) is 4.14. The smallest absolute Gasteiger partial charge is 0.181 e. The molecule has 1 aliphatic rings. The normalized spacial score (nSPS) is 26.6. The first-order valence-electron chi connectivity index (χ1n) is 6.02. The second-order valence-corrected chi connectivity index (χ2v) is 8.33. The number of rotatable bonds is 4. The highest BCUT2D eigenvalue weighted by atomic mass is 28.3. The van der Waals surface area contributed by atoms with Crippen molar-refractivity contribution >= 4 is 21.2 Å². The lowest BCUT2D eigenvalue weighted by molar-refractivity contribution is -0.119. The Labute approximate surface area is 105 Å². The molecule has 0 radical (unpaired) electrons. The second kappa shape index (κ2) is 4.90. The van der Waals surface area contributed by atoms with Crippen molar-refractivity contribution < 1.29 is 14.0 Å². The molecule has 0 saturated heterocycles. The SMILES string of the molecule is CC1=NC(C=O)(C(O[SiH](C)C)C(C)(C)C)CO1. The van der Waals surface area contributed by atoms with Gasteiger partial charge in [-0.3, -0.25) is 0 Å². The lowest BCUT2D eigenvalue weighted by Gasteiger charge is -2.39. The number of nitrogens with zero attached hydrogens (tertiary/aromatic N) is 1. The number of hydrogen-bond donors (Lipinski definition) is 0. The van der Waals surface area contributed by atoms with Crippen LogP contribution in [0.4, 0.5) is 0 Å². The van der Waals surface area contributed by atoms with Crippen LogP contribution in [-0.2, 0) is 14.0 Å². The Morgan fingerprint density at radius 1 is 1.53 bits per heavy atom. The molecule has 0 aromatic carbocycles. The number of carbonyl (C=O) groups excluding carboxylic acids is 1. The highest BCUT2D eigenvalue weighted by molar-refractivity contribution is 6.48. The summed E-state index contributed by atoms with van der Waals surface area (Å²) >= 11 is 0. The molecule has 0 amide bonds. The first-order chi connectivity index (χ1) is 7.71. The summed E-state index contributed by atoms with van der Waals surface area (Å²) in [5.74, 6) is 0.570. The van der Waals surface area contributed by atoms with E-state index in [1.807, 2.05) is 0 Å². The van der Waals surface area contributed by atoms with Gasteiger partial charge in [-0.2, -0.15) is 0 Å². The maximum Gasteiger partial charge on any atom is 0.181 e. The molecule has 17 heavy (non-hydrogen) atoms. The molecule has 1 rings (SSSR count). The summed E-state index contributed by atoms with van der Waals surface area (Å²) in [6.07, 6.45) is 0.660. The highest BCUT2D eigenvalue weighted by Crippen LogP contribution is 2.35. The van der Waals surface area contributed by atoms with Crippen molar-refractivity contribution in [2.24, 2.45) is 10.4 Å². The van der Waals surface area contributed by atoms with Crippen molar-refractivity contribution in [1.82, 2.24) is 0 Å². The zero-order chi connectivity index (χ0) is 13.3. The van der Waals surface area contributed by atoms with Crippen LogP contribution in [0.2, 0.25) is 13.1 Å². The molecule has 0 bridgehead atoms. The lowest BCUT2D eigenvalue weighted by Crippen LogP contribution is -2.53. The average molecular weight is 257 g/mol. The predicted octanol–water partition coefficient (Wildman–Crippen LogP) is 1.79. The first-order valence-corrected chi connectivity index (χ1v) is 8.80. The van der Waals surface area contributed by atoms with Crippen molar-refractivity contribution in [2.45, 2.75) is 52.4 Å². The van der Waals surface area contributed by atoms with Gasteiger partial charge in [-0.15, -0.1) is 0 Å². The van der Waals surface area contributed by atoms with Crippen LogP contribution in [0, 0.1) is 5.41 Å². The van der Waals surface area contributed by atoms with Crippen molar-refractivity contribution in [1.29, 1.82) is 0 Å². The van der Waals surface area contributed by atoms with Crippen LogP contribution in [-0.4, -0.2) is 39.5 Å². The maximum absolute atomic E-state index is 11.5. The molecule has 0 spiro atoms. The number of hydrogen-bond acceptors (Lipinski definition) is 4. The van der Waals surface area contributed by atoms with E-state index >= 15 is 0 Å². The van der Waals surface area contributed by atoms with Crippen LogP contribution < -0.4 is 0 Å². The number of ether oxygens (including phenoxy) is 1. The maximum atomic E-state index is 11.5. The summed E-state index contributed by atoms with van der Waals surface area (Å²) in [7, 11) is -1.25. The van der Waals surface area contributed by atoms with Gasteiger partial charge in [0.05, 0.1) is 6.10 Å². The minimum Gasteiger partial charge on any atom is -0.478 e. The third-order valence-corrected chi connectivity index (χ3v) is 3.55. The molecule has 5 heteroatoms. The summed E-state index contributed by atoms with van der Waals surface area (Å²) in [6.45, 7) is 12.5. The molecule has 4 nitrogen and oxygen atoms in total. The number of aliphatic imine (C=N–C) groups is 1. The average Bonchev–Trinajstić information content (AvgIpc) is 2.56. The Morgan fingerprint density at radius 3 is 2.41 bits per heavy atom. The Hall–Kier alpha value is -0.683. The van der Waals surface area contributed by atoms with Crippen molar-refractivity contribution in [2.75, 3.05) is 6.61 Å². The van der Waals surface area contributed by atoms with Gasteiger partial charge in [0.15, 0.2) is 26.8 Å². The minimum atomic E-state index is -1.25. The quantitative estimate of drug-likeness (QED) is 0.570. The zero-order valence-electron chi connectivity index (χ0n) is 11.6. The van der Waals surface area contributed by atoms with E-state index in [1.165, 1.54) is 0 Å². The van der Waals surface area contributed by atoms with E-state index in [9.17, 15) is 4.79 Å². The third-order valence-electron chi connectivity index (χ3n) is 2.73. The molecule has 1 heterocycles. The largest absolute Gasteiger partial charge is 0.478 e. The molecule has 0 N–H and O–H groups in total. The lowest BCUT2D eigenvalue weighted by atomic mass is 9.78. The molecule has 0 aromatic heterocycles. The molecule has 2 unspecified atom stereocenters. The first kappa shape index (κ1) is 14.4. The number of carbonyl (C=O) groups is 1. The minimum absolute atomic E-state index is 0.143.